The van der Waals surface area contributed by atoms with Crippen LogP contribution in [0.1, 0.15) is 58.5 Å². The van der Waals surface area contributed by atoms with Crippen LogP contribution in [0.2, 0.25) is 10.0 Å². The number of aromatic nitrogens is 1. The van der Waals surface area contributed by atoms with Crippen molar-refractivity contribution in [1.29, 1.82) is 5.26 Å². The van der Waals surface area contributed by atoms with Crippen molar-refractivity contribution in [3.05, 3.63) is 78.7 Å². The Labute approximate surface area is 288 Å². The molecule has 2 aliphatic heterocycles. The fraction of sp³-hybridized carbons (Fsp3) is 0.355. The normalized spacial score (nSPS) is 16.4. The number of benzene rings is 2. The molecule has 3 aromatic rings. The molecular weight excluding hydrogens is 697 g/mol. The molecule has 16 heteroatoms. The predicted molar refractivity (Wildman–Crippen MR) is 176 cm³/mol. The summed E-state index contributed by atoms with van der Waals surface area (Å²) < 4.78 is 34.2. The lowest BCUT2D eigenvalue weighted by Crippen LogP contribution is -2.49. The summed E-state index contributed by atoms with van der Waals surface area (Å²) in [5, 5.41) is 6.05. The molecule has 2 aromatic carbocycles. The highest BCUT2D eigenvalue weighted by Crippen LogP contribution is 2.46. The van der Waals surface area contributed by atoms with Gasteiger partial charge in [-0.1, -0.05) is 41.0 Å². The van der Waals surface area contributed by atoms with Crippen molar-refractivity contribution >= 4 is 64.2 Å². The number of fused-ring (bicyclic) bond motifs is 1. The molecule has 2 aliphatic rings. The second kappa shape index (κ2) is 13.9. The van der Waals surface area contributed by atoms with Crippen molar-refractivity contribution in [1.82, 2.24) is 14.8 Å². The van der Waals surface area contributed by atoms with Gasteiger partial charge in [0.25, 0.3) is 11.5 Å². The van der Waals surface area contributed by atoms with Crippen molar-refractivity contribution < 1.29 is 23.1 Å². The van der Waals surface area contributed by atoms with Crippen molar-refractivity contribution in [2.24, 2.45) is 5.73 Å². The van der Waals surface area contributed by atoms with E-state index in [0.29, 0.717) is 47.8 Å². The quantitative estimate of drug-likeness (QED) is 0.230. The van der Waals surface area contributed by atoms with Crippen LogP contribution in [0.4, 0.5) is 19.3 Å². The number of H-pyrrole nitrogens is 1. The molecule has 0 saturated carbocycles. The number of hydrogen-bond donors (Lipinski definition) is 2. The number of nitrogens with two attached hydrogens (primary N) is 1. The maximum absolute atomic E-state index is 14.3. The number of nitrogens with zero attached hydrogens (tertiary/aromatic N) is 4. The number of amides is 3. The van der Waals surface area contributed by atoms with E-state index in [0.717, 1.165) is 24.2 Å². The molecule has 1 aromatic heterocycles. The lowest BCUT2D eigenvalue weighted by Gasteiger charge is -2.35. The lowest BCUT2D eigenvalue weighted by atomic mass is 10.0. The van der Waals surface area contributed by atoms with Gasteiger partial charge in [-0.25, -0.2) is 4.79 Å². The van der Waals surface area contributed by atoms with Gasteiger partial charge in [-0.15, -0.1) is 0 Å². The van der Waals surface area contributed by atoms with E-state index in [1.54, 1.807) is 28.0 Å². The topological polar surface area (TPSA) is 136 Å². The zero-order valence-corrected chi connectivity index (χ0v) is 28.3. The van der Waals surface area contributed by atoms with Crippen LogP contribution >= 0.6 is 46.6 Å². The van der Waals surface area contributed by atoms with Gasteiger partial charge in [-0.3, -0.25) is 14.5 Å². The largest absolute Gasteiger partial charge is 0.495 e. The molecule has 47 heavy (non-hydrogen) atoms. The van der Waals surface area contributed by atoms with Gasteiger partial charge in [-0.2, -0.15) is 14.0 Å². The summed E-state index contributed by atoms with van der Waals surface area (Å²) in [5.74, 6) is -0.456. The van der Waals surface area contributed by atoms with Crippen molar-refractivity contribution in [2.45, 2.75) is 54.1 Å². The van der Waals surface area contributed by atoms with E-state index >= 15 is 0 Å². The first-order chi connectivity index (χ1) is 22.3. The summed E-state index contributed by atoms with van der Waals surface area (Å²) in [7, 11) is 1.46. The van der Waals surface area contributed by atoms with E-state index in [1.165, 1.54) is 18.1 Å². The number of anilines is 1. The molecule has 5 rings (SSSR count). The van der Waals surface area contributed by atoms with Gasteiger partial charge in [0.2, 0.25) is 0 Å². The summed E-state index contributed by atoms with van der Waals surface area (Å²) in [6.07, 6.45) is 0.589. The third-order valence-electron chi connectivity index (χ3n) is 8.12. The van der Waals surface area contributed by atoms with Crippen LogP contribution in [0.3, 0.4) is 0 Å². The van der Waals surface area contributed by atoms with E-state index in [-0.39, 0.29) is 45.4 Å². The number of alkyl halides is 3. The molecule has 1 fully saturated rings. The number of pyridine rings is 1. The molecule has 10 nitrogen and oxygen atoms in total. The van der Waals surface area contributed by atoms with Crippen LogP contribution < -0.4 is 20.9 Å². The number of halogens is 5. The highest BCUT2D eigenvalue weighted by Gasteiger charge is 2.40. The monoisotopic (exact) mass is 724 g/mol. The first kappa shape index (κ1) is 34.8. The molecular formula is C31H29Cl3F2N6O4S. The summed E-state index contributed by atoms with van der Waals surface area (Å²) in [5.41, 5.74) is 5.48. The number of ether oxygens (including phenoxy) is 1. The van der Waals surface area contributed by atoms with Crippen LogP contribution in [-0.4, -0.2) is 53.5 Å². The first-order valence-corrected chi connectivity index (χ1v) is 16.4. The van der Waals surface area contributed by atoms with Crippen LogP contribution in [0, 0.1) is 11.3 Å². The SMILES string of the molecule is CCN1CCCN(c2cc3c(cc2OC)C(CC#N)N(C(=O)c2c(Sc4c(Cl)ccc(CN)c4Cl)cc(C(F)(F)Cl)[nH]c2=O)C3)C1=O. The van der Waals surface area contributed by atoms with E-state index in [4.69, 9.17) is 45.3 Å². The van der Waals surface area contributed by atoms with Gasteiger partial charge < -0.3 is 25.3 Å². The molecule has 0 spiro atoms. The third kappa shape index (κ3) is 6.62. The second-order valence-corrected chi connectivity index (χ2v) is 13.1. The molecule has 3 heterocycles. The summed E-state index contributed by atoms with van der Waals surface area (Å²) >= 11 is 19.0. The zero-order chi connectivity index (χ0) is 34.2. The highest BCUT2D eigenvalue weighted by atomic mass is 35.5. The molecule has 248 valence electrons. The zero-order valence-electron chi connectivity index (χ0n) is 25.2. The Morgan fingerprint density at radius 1 is 1.23 bits per heavy atom. The Morgan fingerprint density at radius 3 is 2.62 bits per heavy atom. The number of nitriles is 1. The number of methoxy groups -OCH3 is 1. The standard InChI is InChI=1S/C31H29Cl3F2N6O4S/c1-3-40-9-4-10-41(30(40)45)21-11-17-15-42(20(7-8-37)18(17)12-22(21)46-2)29(44)25-23(13-24(31(34,35)36)39-28(25)43)47-27-19(32)6-5-16(14-38)26(27)33/h5-6,11-13,20H,3-4,7,9-10,14-15,38H2,1-2H3,(H,39,43). The number of aromatic amines is 1. The Morgan fingerprint density at radius 2 is 1.98 bits per heavy atom. The first-order valence-electron chi connectivity index (χ1n) is 14.5. The van der Waals surface area contributed by atoms with Crippen molar-refractivity contribution in [3.63, 3.8) is 0 Å². The van der Waals surface area contributed by atoms with Gasteiger partial charge in [-0.05, 0) is 65.9 Å². The van der Waals surface area contributed by atoms with Gasteiger partial charge in [0.15, 0.2) is 0 Å². The molecule has 1 atom stereocenters. The number of carbonyl (C=O) groups is 2. The Kier molecular flexibility index (Phi) is 10.3. The number of rotatable bonds is 9. The number of carbonyl (C=O) groups excluding carboxylic acids is 2. The fourth-order valence-corrected chi connectivity index (χ4v) is 7.62. The van der Waals surface area contributed by atoms with Gasteiger partial charge in [0.1, 0.15) is 17.0 Å². The van der Waals surface area contributed by atoms with Crippen LogP contribution in [0.15, 0.2) is 44.9 Å². The number of hydrogen-bond acceptors (Lipinski definition) is 7. The molecule has 1 unspecified atom stereocenters. The van der Waals surface area contributed by atoms with Crippen LogP contribution in [0.25, 0.3) is 0 Å². The molecule has 3 N–H and O–H groups in total. The van der Waals surface area contributed by atoms with Crippen molar-refractivity contribution in [3.8, 4) is 11.8 Å². The average Bonchev–Trinajstić information content (AvgIpc) is 3.39. The van der Waals surface area contributed by atoms with Gasteiger partial charge in [0, 0.05) is 42.5 Å². The summed E-state index contributed by atoms with van der Waals surface area (Å²) in [6, 6.07) is 8.53. The average molecular weight is 726 g/mol. The minimum atomic E-state index is -3.97. The number of urea groups is 1. The minimum Gasteiger partial charge on any atom is -0.495 e. The molecule has 3 amide bonds. The molecule has 0 radical (unpaired) electrons. The van der Waals surface area contributed by atoms with Crippen LogP contribution in [0.5, 0.6) is 5.75 Å². The highest BCUT2D eigenvalue weighted by molar-refractivity contribution is 7.99. The molecule has 0 bridgehead atoms. The maximum Gasteiger partial charge on any atom is 0.362 e. The van der Waals surface area contributed by atoms with Crippen molar-refractivity contribution in [2.75, 3.05) is 31.6 Å². The second-order valence-electron chi connectivity index (χ2n) is 10.8. The van der Waals surface area contributed by atoms with E-state index < -0.39 is 34.1 Å². The van der Waals surface area contributed by atoms with E-state index in [2.05, 4.69) is 6.07 Å². The number of nitrogens with one attached hydrogen (secondary N) is 1. The van der Waals surface area contributed by atoms with E-state index in [1.807, 2.05) is 11.9 Å². The Hall–Kier alpha value is -3.54. The van der Waals surface area contributed by atoms with Gasteiger partial charge in [0.05, 0.1) is 41.4 Å². The summed E-state index contributed by atoms with van der Waals surface area (Å²) in [6.45, 7) is 3.51. The van der Waals surface area contributed by atoms with Crippen LogP contribution in [-0.2, 0) is 18.5 Å². The minimum absolute atomic E-state index is 0.0435. The molecule has 0 aliphatic carbocycles. The maximum atomic E-state index is 14.3. The lowest BCUT2D eigenvalue weighted by molar-refractivity contribution is 0.0684. The fourth-order valence-electron chi connectivity index (χ4n) is 5.78. The van der Waals surface area contributed by atoms with Gasteiger partial charge >= 0.3 is 11.4 Å². The third-order valence-corrected chi connectivity index (χ3v) is 10.5. The Balaban J connectivity index is 1.61. The summed E-state index contributed by atoms with van der Waals surface area (Å²) in [4.78, 5) is 47.7. The van der Waals surface area contributed by atoms with E-state index in [9.17, 15) is 28.4 Å². The smallest absolute Gasteiger partial charge is 0.362 e. The Bertz CT molecular complexity index is 1850. The molecule has 1 saturated heterocycles. The predicted octanol–water partition coefficient (Wildman–Crippen LogP) is 6.85.